The summed E-state index contributed by atoms with van der Waals surface area (Å²) in [4.78, 5) is 8.79. The maximum Gasteiger partial charge on any atom is 0.473 e. The van der Waals surface area contributed by atoms with Gasteiger partial charge in [-0.2, -0.15) is 0 Å². The molecule has 0 fully saturated rings. The van der Waals surface area contributed by atoms with Gasteiger partial charge in [0.15, 0.2) is 0 Å². The minimum Gasteiger partial charge on any atom is -0.302 e. The Hall–Kier alpha value is -0.330. The molecule has 0 amide bonds. The van der Waals surface area contributed by atoms with Crippen LogP contribution in [0, 0.1) is 12.3 Å². The van der Waals surface area contributed by atoms with Gasteiger partial charge in [-0.15, -0.1) is 6.42 Å². The van der Waals surface area contributed by atoms with E-state index in [0.29, 0.717) is 6.42 Å². The third-order valence-corrected chi connectivity index (χ3v) is 1.73. The molecule has 1 atom stereocenters. The molecule has 0 rings (SSSR count). The smallest absolute Gasteiger partial charge is 0.302 e. The summed E-state index contributed by atoms with van der Waals surface area (Å²) in [6, 6.07) is 0. The number of phosphoric ester groups is 1. The molecule has 64 valence electrons. The predicted octanol–water partition coefficient (Wildman–Crippen LogP) is 1.16. The highest BCUT2D eigenvalue weighted by Gasteiger charge is 2.18. The van der Waals surface area contributed by atoms with Crippen LogP contribution in [0.3, 0.4) is 0 Å². The Kier molecular flexibility index (Phi) is 5.18. The second-order valence-electron chi connectivity index (χ2n) is 1.78. The van der Waals surface area contributed by atoms with E-state index < -0.39 is 7.82 Å². The first kappa shape index (κ1) is 10.7. The molecule has 0 aliphatic rings. The van der Waals surface area contributed by atoms with Crippen molar-refractivity contribution in [1.82, 2.24) is 0 Å². The molecule has 0 aromatic carbocycles. The quantitative estimate of drug-likeness (QED) is 0.507. The second kappa shape index (κ2) is 5.34. The summed E-state index contributed by atoms with van der Waals surface area (Å²) in [5.74, 6) is 2.07. The molecule has 0 aliphatic carbocycles. The SMILES string of the molecule is C#CCOP(=O)(O)OCCC. The Labute approximate surface area is 66.1 Å². The summed E-state index contributed by atoms with van der Waals surface area (Å²) in [5.41, 5.74) is 0. The van der Waals surface area contributed by atoms with E-state index in [0.717, 1.165) is 0 Å². The predicted molar refractivity (Wildman–Crippen MR) is 40.9 cm³/mol. The van der Waals surface area contributed by atoms with Crippen LogP contribution in [0.2, 0.25) is 0 Å². The van der Waals surface area contributed by atoms with Gasteiger partial charge >= 0.3 is 7.82 Å². The average molecular weight is 178 g/mol. The highest BCUT2D eigenvalue weighted by Crippen LogP contribution is 2.42. The third kappa shape index (κ3) is 6.08. The molecule has 1 unspecified atom stereocenters. The van der Waals surface area contributed by atoms with Gasteiger partial charge in [-0.3, -0.25) is 9.05 Å². The van der Waals surface area contributed by atoms with Crippen molar-refractivity contribution in [2.24, 2.45) is 0 Å². The molecule has 1 N–H and O–H groups in total. The van der Waals surface area contributed by atoms with Gasteiger partial charge < -0.3 is 4.89 Å². The number of phosphoric acid groups is 1. The lowest BCUT2D eigenvalue weighted by Gasteiger charge is -2.08. The van der Waals surface area contributed by atoms with Gasteiger partial charge in [-0.25, -0.2) is 4.57 Å². The Morgan fingerprint density at radius 2 is 2.27 bits per heavy atom. The molecular formula is C6H11O4P. The van der Waals surface area contributed by atoms with Gasteiger partial charge in [0.05, 0.1) is 6.61 Å². The number of rotatable bonds is 5. The Morgan fingerprint density at radius 1 is 1.64 bits per heavy atom. The van der Waals surface area contributed by atoms with E-state index in [1.165, 1.54) is 0 Å². The maximum absolute atomic E-state index is 10.7. The summed E-state index contributed by atoms with van der Waals surface area (Å²) in [7, 11) is -3.87. The van der Waals surface area contributed by atoms with E-state index in [2.05, 4.69) is 15.0 Å². The van der Waals surface area contributed by atoms with Gasteiger partial charge in [0.1, 0.15) is 6.61 Å². The lowest BCUT2D eigenvalue weighted by atomic mass is 10.5. The van der Waals surface area contributed by atoms with E-state index in [1.807, 2.05) is 6.92 Å². The second-order valence-corrected chi connectivity index (χ2v) is 3.23. The van der Waals surface area contributed by atoms with Gasteiger partial charge in [-0.1, -0.05) is 12.8 Å². The minimum absolute atomic E-state index is 0.193. The first-order valence-electron chi connectivity index (χ1n) is 3.17. The average Bonchev–Trinajstić information content (AvgIpc) is 1.97. The molecule has 0 aliphatic heterocycles. The highest BCUT2D eigenvalue weighted by atomic mass is 31.2. The van der Waals surface area contributed by atoms with Crippen LogP contribution in [0.25, 0.3) is 0 Å². The molecule has 0 spiro atoms. The molecular weight excluding hydrogens is 167 g/mol. The Balaban J connectivity index is 3.64. The van der Waals surface area contributed by atoms with Crippen LogP contribution in [0.15, 0.2) is 0 Å². The first-order valence-corrected chi connectivity index (χ1v) is 4.67. The summed E-state index contributed by atoms with van der Waals surface area (Å²) < 4.78 is 19.6. The van der Waals surface area contributed by atoms with Crippen LogP contribution >= 0.6 is 7.82 Å². The van der Waals surface area contributed by atoms with Crippen molar-refractivity contribution in [3.8, 4) is 12.3 Å². The molecule has 0 aromatic heterocycles. The normalized spacial score (nSPS) is 15.4. The fraction of sp³-hybridized carbons (Fsp3) is 0.667. The fourth-order valence-electron chi connectivity index (χ4n) is 0.363. The highest BCUT2D eigenvalue weighted by molar-refractivity contribution is 7.47. The summed E-state index contributed by atoms with van der Waals surface area (Å²) >= 11 is 0. The van der Waals surface area contributed by atoms with Crippen LogP contribution in [-0.2, 0) is 13.6 Å². The topological polar surface area (TPSA) is 55.8 Å². The van der Waals surface area contributed by atoms with Crippen molar-refractivity contribution in [2.45, 2.75) is 13.3 Å². The molecule has 0 radical (unpaired) electrons. The summed E-state index contributed by atoms with van der Waals surface area (Å²) in [5, 5.41) is 0. The summed E-state index contributed by atoms with van der Waals surface area (Å²) in [6.45, 7) is 1.80. The van der Waals surface area contributed by atoms with Crippen molar-refractivity contribution >= 4 is 7.82 Å². The first-order chi connectivity index (χ1) is 5.12. The minimum atomic E-state index is -3.87. The maximum atomic E-state index is 10.7. The van der Waals surface area contributed by atoms with Crippen LogP contribution in [0.5, 0.6) is 0 Å². The van der Waals surface area contributed by atoms with Crippen molar-refractivity contribution in [2.75, 3.05) is 13.2 Å². The standard InChI is InChI=1S/C6H11O4P/c1-3-5-9-11(7,8)10-6-4-2/h1H,4-6H2,2H3,(H,7,8). The lowest BCUT2D eigenvalue weighted by molar-refractivity contribution is 0.163. The van der Waals surface area contributed by atoms with Crippen LogP contribution in [0.1, 0.15) is 13.3 Å². The zero-order valence-electron chi connectivity index (χ0n) is 6.32. The molecule has 0 bridgehead atoms. The third-order valence-electron chi connectivity index (χ3n) is 0.770. The number of hydrogen-bond acceptors (Lipinski definition) is 3. The van der Waals surface area contributed by atoms with Crippen molar-refractivity contribution in [3.05, 3.63) is 0 Å². The van der Waals surface area contributed by atoms with Crippen molar-refractivity contribution in [3.63, 3.8) is 0 Å². The van der Waals surface area contributed by atoms with Crippen molar-refractivity contribution < 1.29 is 18.5 Å². The van der Waals surface area contributed by atoms with Crippen LogP contribution < -0.4 is 0 Å². The van der Waals surface area contributed by atoms with Crippen LogP contribution in [0.4, 0.5) is 0 Å². The molecule has 0 heterocycles. The van der Waals surface area contributed by atoms with E-state index in [-0.39, 0.29) is 13.2 Å². The van der Waals surface area contributed by atoms with E-state index in [1.54, 1.807) is 0 Å². The Morgan fingerprint density at radius 3 is 2.73 bits per heavy atom. The van der Waals surface area contributed by atoms with E-state index in [9.17, 15) is 4.57 Å². The van der Waals surface area contributed by atoms with Gasteiger partial charge in [0.25, 0.3) is 0 Å². The summed E-state index contributed by atoms with van der Waals surface area (Å²) in [6.07, 6.45) is 5.46. The zero-order chi connectivity index (χ0) is 8.74. The van der Waals surface area contributed by atoms with Crippen LogP contribution in [-0.4, -0.2) is 18.1 Å². The number of terminal acetylenes is 1. The Bertz CT molecular complexity index is 184. The molecule has 0 saturated heterocycles. The van der Waals surface area contributed by atoms with Crippen molar-refractivity contribution in [1.29, 1.82) is 0 Å². The molecule has 0 saturated carbocycles. The molecule has 4 nitrogen and oxygen atoms in total. The number of hydrogen-bond donors (Lipinski definition) is 1. The van der Waals surface area contributed by atoms with E-state index >= 15 is 0 Å². The largest absolute Gasteiger partial charge is 0.473 e. The lowest BCUT2D eigenvalue weighted by Crippen LogP contribution is -1.95. The zero-order valence-corrected chi connectivity index (χ0v) is 7.21. The molecule has 5 heteroatoms. The van der Waals surface area contributed by atoms with Gasteiger partial charge in [0.2, 0.25) is 0 Å². The van der Waals surface area contributed by atoms with E-state index in [4.69, 9.17) is 11.3 Å². The van der Waals surface area contributed by atoms with Gasteiger partial charge in [-0.05, 0) is 6.42 Å². The van der Waals surface area contributed by atoms with Gasteiger partial charge in [0, 0.05) is 0 Å². The fourth-order valence-corrected chi connectivity index (χ4v) is 1.09. The monoisotopic (exact) mass is 178 g/mol. The molecule has 11 heavy (non-hydrogen) atoms. The molecule has 0 aromatic rings.